The van der Waals surface area contributed by atoms with Gasteiger partial charge in [0.25, 0.3) is 5.91 Å². The molecule has 172 valence electrons. The molecule has 13 heteroatoms. The Hall–Kier alpha value is -3.90. The van der Waals surface area contributed by atoms with Crippen molar-refractivity contribution in [2.24, 2.45) is 10.7 Å². The van der Waals surface area contributed by atoms with E-state index < -0.39 is 35.2 Å². The summed E-state index contributed by atoms with van der Waals surface area (Å²) < 4.78 is 81.2. The largest absolute Gasteiger partial charge is 0.434 e. The molecule has 0 saturated heterocycles. The number of anilines is 1. The van der Waals surface area contributed by atoms with Gasteiger partial charge in [0.05, 0.1) is 17.4 Å². The molecule has 0 radical (unpaired) electrons. The predicted molar refractivity (Wildman–Crippen MR) is 105 cm³/mol. The molecule has 1 aromatic carbocycles. The number of nitrogens with two attached hydrogens (primary N) is 1. The van der Waals surface area contributed by atoms with Gasteiger partial charge >= 0.3 is 12.4 Å². The molecule has 1 aliphatic rings. The average molecular weight is 468 g/mol. The lowest BCUT2D eigenvalue weighted by molar-refractivity contribution is -0.143. The Morgan fingerprint density at radius 2 is 1.85 bits per heavy atom. The molecule has 3 heterocycles. The number of halogens is 6. The van der Waals surface area contributed by atoms with Gasteiger partial charge in [-0.3, -0.25) is 14.8 Å². The van der Waals surface area contributed by atoms with Crippen molar-refractivity contribution in [1.29, 1.82) is 0 Å². The molecule has 0 saturated carbocycles. The summed E-state index contributed by atoms with van der Waals surface area (Å²) >= 11 is 0. The van der Waals surface area contributed by atoms with Crippen LogP contribution in [0.4, 0.5) is 32.0 Å². The van der Waals surface area contributed by atoms with Crippen LogP contribution in [-0.4, -0.2) is 33.1 Å². The van der Waals surface area contributed by atoms with Crippen molar-refractivity contribution >= 4 is 17.4 Å². The molecule has 3 aromatic rings. The number of rotatable bonds is 3. The van der Waals surface area contributed by atoms with Crippen LogP contribution in [0.1, 0.15) is 32.9 Å². The number of amides is 1. The second-order valence-corrected chi connectivity index (χ2v) is 7.02. The fraction of sp³-hybridized carbons (Fsp3) is 0.200. The lowest BCUT2D eigenvalue weighted by atomic mass is 9.99. The number of hydrogen-bond acceptors (Lipinski definition) is 5. The first-order valence-electron chi connectivity index (χ1n) is 9.39. The van der Waals surface area contributed by atoms with Gasteiger partial charge in [0, 0.05) is 24.0 Å². The number of amidine groups is 1. The zero-order chi connectivity index (χ0) is 24.0. The van der Waals surface area contributed by atoms with Crippen molar-refractivity contribution in [3.05, 3.63) is 70.8 Å². The Labute approximate surface area is 181 Å². The van der Waals surface area contributed by atoms with E-state index in [4.69, 9.17) is 5.73 Å². The first kappa shape index (κ1) is 22.3. The molecule has 1 amide bonds. The van der Waals surface area contributed by atoms with E-state index in [-0.39, 0.29) is 23.8 Å². The van der Waals surface area contributed by atoms with Gasteiger partial charge in [0.1, 0.15) is 11.5 Å². The van der Waals surface area contributed by atoms with Crippen LogP contribution in [0.15, 0.2) is 47.7 Å². The fourth-order valence-corrected chi connectivity index (χ4v) is 3.48. The lowest BCUT2D eigenvalue weighted by Crippen LogP contribution is -2.24. The number of benzene rings is 1. The second-order valence-electron chi connectivity index (χ2n) is 7.02. The summed E-state index contributed by atoms with van der Waals surface area (Å²) in [7, 11) is 0. The third-order valence-electron chi connectivity index (χ3n) is 4.89. The summed E-state index contributed by atoms with van der Waals surface area (Å²) in [6.45, 7) is 0.273. The molecule has 0 fully saturated rings. The van der Waals surface area contributed by atoms with Crippen LogP contribution in [0.3, 0.4) is 0 Å². The Balaban J connectivity index is 1.76. The Morgan fingerprint density at radius 1 is 1.09 bits per heavy atom. The minimum Gasteiger partial charge on any atom is -0.383 e. The van der Waals surface area contributed by atoms with E-state index in [0.29, 0.717) is 34.5 Å². The van der Waals surface area contributed by atoms with Gasteiger partial charge in [-0.15, -0.1) is 0 Å². The van der Waals surface area contributed by atoms with Crippen LogP contribution in [0.25, 0.3) is 5.69 Å². The number of hydrogen-bond donors (Lipinski definition) is 2. The van der Waals surface area contributed by atoms with Crippen molar-refractivity contribution in [3.8, 4) is 5.69 Å². The van der Waals surface area contributed by atoms with E-state index in [1.54, 1.807) is 6.07 Å². The first-order valence-corrected chi connectivity index (χ1v) is 9.39. The van der Waals surface area contributed by atoms with Crippen molar-refractivity contribution < 1.29 is 31.1 Å². The van der Waals surface area contributed by atoms with E-state index in [2.05, 4.69) is 15.1 Å². The first-order chi connectivity index (χ1) is 15.5. The number of nitrogens with zero attached hydrogens (tertiary/aromatic N) is 4. The highest BCUT2D eigenvalue weighted by Gasteiger charge is 2.41. The van der Waals surface area contributed by atoms with Crippen molar-refractivity contribution in [1.82, 2.24) is 14.8 Å². The van der Waals surface area contributed by atoms with Crippen molar-refractivity contribution in [2.75, 3.05) is 11.9 Å². The van der Waals surface area contributed by atoms with Crippen LogP contribution in [0.5, 0.6) is 0 Å². The minimum atomic E-state index is -5.00. The third kappa shape index (κ3) is 4.25. The molecule has 0 spiro atoms. The van der Waals surface area contributed by atoms with Crippen molar-refractivity contribution in [2.45, 2.75) is 18.8 Å². The molecular weight excluding hydrogens is 454 g/mol. The van der Waals surface area contributed by atoms with Gasteiger partial charge < -0.3 is 11.1 Å². The Morgan fingerprint density at radius 3 is 2.55 bits per heavy atom. The SMILES string of the molecule is NC1=NCCc2c1cccc2-n1ncc(C(=O)Nc2ccnc(C(F)(F)F)c2)c1C(F)(F)F. The highest BCUT2D eigenvalue weighted by molar-refractivity contribution is 6.05. The third-order valence-corrected chi connectivity index (χ3v) is 4.89. The molecular formula is C20H14F6N6O. The standard InChI is InChI=1S/C20H14F6N6O/c21-19(22,23)15-8-10(4-6-28-15)31-18(33)13-9-30-32(16(13)20(24,25)26)14-3-1-2-12-11(14)5-7-29-17(12)27/h1-4,6,8-9H,5,7H2,(H2,27,29)(H,28,31,33). The second kappa shape index (κ2) is 7.90. The van der Waals surface area contributed by atoms with Crippen LogP contribution >= 0.6 is 0 Å². The topological polar surface area (TPSA) is 98.2 Å². The predicted octanol–water partition coefficient (Wildman–Crippen LogP) is 3.82. The monoisotopic (exact) mass is 468 g/mol. The molecule has 0 aliphatic carbocycles. The number of nitrogens with one attached hydrogen (secondary N) is 1. The molecule has 3 N–H and O–H groups in total. The maximum Gasteiger partial charge on any atom is 0.434 e. The van der Waals surface area contributed by atoms with E-state index in [1.165, 1.54) is 12.1 Å². The van der Waals surface area contributed by atoms with Crippen LogP contribution < -0.4 is 11.1 Å². The summed E-state index contributed by atoms with van der Waals surface area (Å²) in [6, 6.07) is 6.05. The van der Waals surface area contributed by atoms with Gasteiger partial charge in [-0.1, -0.05) is 12.1 Å². The minimum absolute atomic E-state index is 0.0694. The summed E-state index contributed by atoms with van der Waals surface area (Å²) in [4.78, 5) is 19.8. The maximum absolute atomic E-state index is 14.0. The zero-order valence-electron chi connectivity index (χ0n) is 16.5. The van der Waals surface area contributed by atoms with Gasteiger partial charge in [-0.05, 0) is 30.2 Å². The highest BCUT2D eigenvalue weighted by Crippen LogP contribution is 2.36. The maximum atomic E-state index is 14.0. The Bertz CT molecular complexity index is 1260. The smallest absolute Gasteiger partial charge is 0.383 e. The summed E-state index contributed by atoms with van der Waals surface area (Å²) in [5, 5.41) is 5.81. The molecule has 7 nitrogen and oxygen atoms in total. The zero-order valence-corrected chi connectivity index (χ0v) is 16.5. The lowest BCUT2D eigenvalue weighted by Gasteiger charge is -2.20. The number of alkyl halides is 6. The quantitative estimate of drug-likeness (QED) is 0.571. The number of fused-ring (bicyclic) bond motifs is 1. The van der Waals surface area contributed by atoms with Crippen LogP contribution in [0.2, 0.25) is 0 Å². The number of aromatic nitrogens is 3. The number of carbonyl (C=O) groups is 1. The van der Waals surface area contributed by atoms with Crippen molar-refractivity contribution in [3.63, 3.8) is 0 Å². The molecule has 1 aliphatic heterocycles. The van der Waals surface area contributed by atoms with Crippen LogP contribution in [0, 0.1) is 0 Å². The Kier molecular flexibility index (Phi) is 5.34. The molecule has 0 bridgehead atoms. The molecule has 2 aromatic heterocycles. The van der Waals surface area contributed by atoms with Gasteiger partial charge in [0.15, 0.2) is 5.69 Å². The van der Waals surface area contributed by atoms with Gasteiger partial charge in [-0.2, -0.15) is 31.4 Å². The molecule has 4 rings (SSSR count). The van der Waals surface area contributed by atoms with Gasteiger partial charge in [0.2, 0.25) is 0 Å². The summed E-state index contributed by atoms with van der Waals surface area (Å²) in [5.41, 5.74) is 2.95. The number of pyridine rings is 1. The summed E-state index contributed by atoms with van der Waals surface area (Å²) in [5.74, 6) is -1.10. The number of aliphatic imine (C=N–C) groups is 1. The van der Waals surface area contributed by atoms with Gasteiger partial charge in [-0.25, -0.2) is 4.68 Å². The fourth-order valence-electron chi connectivity index (χ4n) is 3.48. The van der Waals surface area contributed by atoms with Crippen LogP contribution in [-0.2, 0) is 18.8 Å². The van der Waals surface area contributed by atoms with E-state index in [0.717, 1.165) is 12.3 Å². The average Bonchev–Trinajstić information content (AvgIpc) is 3.19. The normalized spacial score (nSPS) is 13.9. The molecule has 0 unspecified atom stereocenters. The van der Waals surface area contributed by atoms with E-state index in [9.17, 15) is 31.1 Å². The molecule has 33 heavy (non-hydrogen) atoms. The highest BCUT2D eigenvalue weighted by atomic mass is 19.4. The summed E-state index contributed by atoms with van der Waals surface area (Å²) in [6.07, 6.45) is -7.99. The number of carbonyl (C=O) groups excluding carboxylic acids is 1. The van der Waals surface area contributed by atoms with E-state index in [1.807, 2.05) is 5.32 Å². The van der Waals surface area contributed by atoms with E-state index >= 15 is 0 Å². The molecule has 0 atom stereocenters.